The van der Waals surface area contributed by atoms with Crippen LogP contribution in [0, 0.1) is 5.92 Å². The molecule has 10 heavy (non-hydrogen) atoms. The molecule has 0 aromatic rings. The summed E-state index contributed by atoms with van der Waals surface area (Å²) in [6.07, 6.45) is 6.80. The molecule has 0 saturated heterocycles. The van der Waals surface area contributed by atoms with Crippen LogP contribution in [-0.2, 0) is 0 Å². The van der Waals surface area contributed by atoms with Gasteiger partial charge in [0.25, 0.3) is 0 Å². The van der Waals surface area contributed by atoms with Crippen LogP contribution in [0.2, 0.25) is 0 Å². The molecule has 0 aliphatic heterocycles. The first-order chi connectivity index (χ1) is 4.68. The molecule has 1 N–H and O–H groups in total. The van der Waals surface area contributed by atoms with E-state index < -0.39 is 0 Å². The molecule has 0 fully saturated rings. The van der Waals surface area contributed by atoms with E-state index in [0.717, 1.165) is 12.2 Å². The molecule has 0 unspecified atom stereocenters. The highest BCUT2D eigenvalue weighted by Crippen LogP contribution is 1.90. The van der Waals surface area contributed by atoms with Gasteiger partial charge in [0.05, 0.1) is 6.26 Å². The van der Waals surface area contributed by atoms with Crippen LogP contribution in [0.4, 0.5) is 0 Å². The fraction of sp³-hybridized carbons (Fsp3) is 0.556. The molecule has 0 aromatic carbocycles. The normalized spacial score (nSPS) is 10.5. The van der Waals surface area contributed by atoms with Crippen molar-refractivity contribution >= 4 is 0 Å². The second-order valence-electron chi connectivity index (χ2n) is 2.25. The highest BCUT2D eigenvalue weighted by atomic mass is 16.2. The lowest BCUT2D eigenvalue weighted by Gasteiger charge is -1.86. The molecular formula is C9H18O. The molecule has 0 aromatic heterocycles. The average Bonchev–Trinajstić information content (AvgIpc) is 1.89. The van der Waals surface area contributed by atoms with Crippen LogP contribution in [0.15, 0.2) is 24.5 Å². The van der Waals surface area contributed by atoms with E-state index in [-0.39, 0.29) is 0 Å². The van der Waals surface area contributed by atoms with Crippen molar-refractivity contribution in [1.29, 1.82) is 0 Å². The van der Waals surface area contributed by atoms with Crippen molar-refractivity contribution < 1.29 is 5.11 Å². The van der Waals surface area contributed by atoms with Crippen molar-refractivity contribution in [3.63, 3.8) is 0 Å². The maximum absolute atomic E-state index is 7.69. The smallest absolute Gasteiger partial charge is 0.0748 e. The Hall–Kier alpha value is -0.720. The van der Waals surface area contributed by atoms with E-state index in [9.17, 15) is 0 Å². The molecule has 0 bridgehead atoms. The molecule has 1 nitrogen and oxygen atoms in total. The Labute approximate surface area is 64.1 Å². The summed E-state index contributed by atoms with van der Waals surface area (Å²) in [7, 11) is 0. The zero-order valence-corrected chi connectivity index (χ0v) is 7.33. The minimum Gasteiger partial charge on any atom is -0.516 e. The van der Waals surface area contributed by atoms with Gasteiger partial charge in [-0.1, -0.05) is 32.1 Å². The van der Waals surface area contributed by atoms with Crippen molar-refractivity contribution in [1.82, 2.24) is 0 Å². The number of hydrogen-bond acceptors (Lipinski definition) is 1. The van der Waals surface area contributed by atoms with Gasteiger partial charge in [0.15, 0.2) is 0 Å². The lowest BCUT2D eigenvalue weighted by atomic mass is 10.2. The van der Waals surface area contributed by atoms with Gasteiger partial charge in [0.1, 0.15) is 0 Å². The zero-order chi connectivity index (χ0) is 8.41. The summed E-state index contributed by atoms with van der Waals surface area (Å²) in [6.45, 7) is 8.12. The highest BCUT2D eigenvalue weighted by Gasteiger charge is 1.76. The Morgan fingerprint density at radius 2 is 1.50 bits per heavy atom. The number of allylic oxidation sites excluding steroid dienone is 3. The van der Waals surface area contributed by atoms with Gasteiger partial charge in [0, 0.05) is 0 Å². The van der Waals surface area contributed by atoms with Gasteiger partial charge in [-0.25, -0.2) is 0 Å². The van der Waals surface area contributed by atoms with E-state index in [1.807, 2.05) is 6.92 Å². The van der Waals surface area contributed by atoms with E-state index >= 15 is 0 Å². The minimum atomic E-state index is 0.718. The quantitative estimate of drug-likeness (QED) is 0.440. The fourth-order valence-corrected chi connectivity index (χ4v) is 0.385. The van der Waals surface area contributed by atoms with Crippen LogP contribution >= 0.6 is 0 Å². The SMILES string of the molecule is CC=CC(C)C.CC=CO. The van der Waals surface area contributed by atoms with E-state index in [4.69, 9.17) is 5.11 Å². The van der Waals surface area contributed by atoms with Gasteiger partial charge in [-0.15, -0.1) is 0 Å². The van der Waals surface area contributed by atoms with Crippen LogP contribution in [0.3, 0.4) is 0 Å². The minimum absolute atomic E-state index is 0.718. The predicted octanol–water partition coefficient (Wildman–Crippen LogP) is 3.30. The number of rotatable bonds is 1. The third kappa shape index (κ3) is 26.7. The Morgan fingerprint density at radius 3 is 1.50 bits per heavy atom. The summed E-state index contributed by atoms with van der Waals surface area (Å²) >= 11 is 0. The van der Waals surface area contributed by atoms with E-state index in [0.29, 0.717) is 0 Å². The van der Waals surface area contributed by atoms with Crippen LogP contribution in [-0.4, -0.2) is 5.11 Å². The Kier molecular flexibility index (Phi) is 13.4. The average molecular weight is 142 g/mol. The monoisotopic (exact) mass is 142 g/mol. The molecule has 0 heterocycles. The number of aliphatic hydroxyl groups is 1. The summed E-state index contributed by atoms with van der Waals surface area (Å²) in [6, 6.07) is 0. The number of hydrogen-bond donors (Lipinski definition) is 1. The van der Waals surface area contributed by atoms with E-state index in [1.165, 1.54) is 0 Å². The third-order valence-electron chi connectivity index (χ3n) is 0.726. The molecule has 0 rings (SSSR count). The van der Waals surface area contributed by atoms with Gasteiger partial charge < -0.3 is 5.11 Å². The van der Waals surface area contributed by atoms with Gasteiger partial charge >= 0.3 is 0 Å². The van der Waals surface area contributed by atoms with Crippen molar-refractivity contribution in [2.75, 3.05) is 0 Å². The Morgan fingerprint density at radius 1 is 1.10 bits per heavy atom. The number of aliphatic hydroxyl groups excluding tert-OH is 1. The first-order valence-corrected chi connectivity index (χ1v) is 3.57. The maximum Gasteiger partial charge on any atom is 0.0748 e. The molecule has 0 amide bonds. The van der Waals surface area contributed by atoms with Crippen molar-refractivity contribution in [2.24, 2.45) is 5.92 Å². The van der Waals surface area contributed by atoms with Crippen LogP contribution in [0.1, 0.15) is 27.7 Å². The molecule has 0 aliphatic rings. The summed E-state index contributed by atoms with van der Waals surface area (Å²) in [4.78, 5) is 0. The van der Waals surface area contributed by atoms with Crippen LogP contribution in [0.25, 0.3) is 0 Å². The topological polar surface area (TPSA) is 20.2 Å². The first-order valence-electron chi connectivity index (χ1n) is 3.57. The Balaban J connectivity index is 0. The van der Waals surface area contributed by atoms with E-state index in [2.05, 4.69) is 26.0 Å². The second kappa shape index (κ2) is 11.1. The van der Waals surface area contributed by atoms with Gasteiger partial charge in [0.2, 0.25) is 0 Å². The molecule has 0 aliphatic carbocycles. The molecule has 1 heteroatoms. The third-order valence-corrected chi connectivity index (χ3v) is 0.726. The van der Waals surface area contributed by atoms with Gasteiger partial charge in [-0.3, -0.25) is 0 Å². The van der Waals surface area contributed by atoms with Crippen LogP contribution < -0.4 is 0 Å². The molecule has 0 atom stereocenters. The lowest BCUT2D eigenvalue weighted by Crippen LogP contribution is -1.73. The first kappa shape index (κ1) is 12.0. The largest absolute Gasteiger partial charge is 0.516 e. The molecule has 0 spiro atoms. The molecular weight excluding hydrogens is 124 g/mol. The summed E-state index contributed by atoms with van der Waals surface area (Å²) < 4.78 is 0. The molecule has 0 radical (unpaired) electrons. The second-order valence-corrected chi connectivity index (χ2v) is 2.25. The predicted molar refractivity (Wildman–Crippen MR) is 47.1 cm³/mol. The highest BCUT2D eigenvalue weighted by molar-refractivity contribution is 4.79. The molecule has 0 saturated carbocycles. The maximum atomic E-state index is 7.69. The van der Waals surface area contributed by atoms with Crippen molar-refractivity contribution in [3.8, 4) is 0 Å². The van der Waals surface area contributed by atoms with E-state index in [1.54, 1.807) is 13.0 Å². The summed E-state index contributed by atoms with van der Waals surface area (Å²) in [5.74, 6) is 0.718. The van der Waals surface area contributed by atoms with Crippen molar-refractivity contribution in [3.05, 3.63) is 24.5 Å². The fourth-order valence-electron chi connectivity index (χ4n) is 0.385. The van der Waals surface area contributed by atoms with Gasteiger partial charge in [-0.2, -0.15) is 0 Å². The van der Waals surface area contributed by atoms with Crippen LogP contribution in [0.5, 0.6) is 0 Å². The Bertz CT molecular complexity index is 86.9. The summed E-state index contributed by atoms with van der Waals surface area (Å²) in [5.41, 5.74) is 0. The van der Waals surface area contributed by atoms with Crippen molar-refractivity contribution in [2.45, 2.75) is 27.7 Å². The standard InChI is InChI=1S/C6H12.C3H6O/c1-4-5-6(2)3;1-2-3-4/h4-6H,1-3H3;2-4H,1H3. The summed E-state index contributed by atoms with van der Waals surface area (Å²) in [5, 5.41) is 7.69. The lowest BCUT2D eigenvalue weighted by molar-refractivity contribution is 0.472. The molecule has 60 valence electrons. The zero-order valence-electron chi connectivity index (χ0n) is 7.33. The van der Waals surface area contributed by atoms with Gasteiger partial charge in [-0.05, 0) is 19.8 Å².